The second kappa shape index (κ2) is 5.24. The first kappa shape index (κ1) is 12.5. The van der Waals surface area contributed by atoms with E-state index in [2.05, 4.69) is 4.98 Å². The quantitative estimate of drug-likeness (QED) is 0.684. The molecule has 5 heteroatoms. The van der Waals surface area contributed by atoms with Gasteiger partial charge in [-0.25, -0.2) is 4.98 Å². The summed E-state index contributed by atoms with van der Waals surface area (Å²) in [6, 6.07) is 14.6. The normalized spacial score (nSPS) is 10.4. The lowest BCUT2D eigenvalue weighted by molar-refractivity contribution is 0.299. The van der Waals surface area contributed by atoms with Gasteiger partial charge in [0.15, 0.2) is 5.75 Å². The highest BCUT2D eigenvalue weighted by molar-refractivity contribution is 6.29. The van der Waals surface area contributed by atoms with Crippen LogP contribution in [0.15, 0.2) is 46.9 Å². The number of nitriles is 1. The number of hydrogen-bond donors (Lipinski definition) is 0. The lowest BCUT2D eigenvalue weighted by Crippen LogP contribution is -1.98. The minimum atomic E-state index is 0.160. The van der Waals surface area contributed by atoms with E-state index in [4.69, 9.17) is 26.0 Å². The van der Waals surface area contributed by atoms with E-state index in [1.54, 1.807) is 24.3 Å². The molecule has 0 atom stereocenters. The topological polar surface area (TPSA) is 59.0 Å². The molecular weight excluding hydrogens is 276 g/mol. The summed E-state index contributed by atoms with van der Waals surface area (Å²) in [5, 5.41) is 10.3. The summed E-state index contributed by atoms with van der Waals surface area (Å²) < 4.78 is 11.1. The van der Waals surface area contributed by atoms with E-state index < -0.39 is 0 Å². The highest BCUT2D eigenvalue weighted by Gasteiger charge is 2.15. The summed E-state index contributed by atoms with van der Waals surface area (Å²) in [5.74, 6) is 0.595. The zero-order chi connectivity index (χ0) is 13.9. The minimum Gasteiger partial charge on any atom is -0.482 e. The molecule has 2 heterocycles. The van der Waals surface area contributed by atoms with Gasteiger partial charge in [0.05, 0.1) is 11.1 Å². The van der Waals surface area contributed by atoms with Crippen LogP contribution >= 0.6 is 11.6 Å². The Morgan fingerprint density at radius 3 is 2.85 bits per heavy atom. The molecule has 3 aromatic rings. The molecule has 0 aliphatic rings. The number of hydrogen-bond acceptors (Lipinski definition) is 4. The van der Waals surface area contributed by atoms with Crippen LogP contribution in [-0.4, -0.2) is 4.98 Å². The predicted octanol–water partition coefficient (Wildman–Crippen LogP) is 3.93. The van der Waals surface area contributed by atoms with Gasteiger partial charge in [-0.15, -0.1) is 0 Å². The Bertz CT molecular complexity index is 805. The molecule has 0 aliphatic heterocycles. The Morgan fingerprint density at radius 2 is 2.05 bits per heavy atom. The third-order valence-electron chi connectivity index (χ3n) is 2.79. The number of rotatable bonds is 3. The van der Waals surface area contributed by atoms with Crippen LogP contribution in [0.25, 0.3) is 11.0 Å². The van der Waals surface area contributed by atoms with Gasteiger partial charge >= 0.3 is 0 Å². The largest absolute Gasteiger partial charge is 0.482 e. The van der Waals surface area contributed by atoms with E-state index in [1.165, 1.54) is 0 Å². The summed E-state index contributed by atoms with van der Waals surface area (Å²) in [6.45, 7) is 0.221. The molecule has 4 nitrogen and oxygen atoms in total. The van der Waals surface area contributed by atoms with Gasteiger partial charge in [-0.2, -0.15) is 5.26 Å². The average molecular weight is 285 g/mol. The number of ether oxygens (including phenoxy) is 1. The van der Waals surface area contributed by atoms with Crippen LogP contribution in [0.2, 0.25) is 5.15 Å². The standard InChI is InChI=1S/C15H9ClN2O2/c16-14-7-3-4-10(18-14)9-19-15-11-5-1-2-6-12(11)20-13(15)8-17/h1-7H,9H2. The van der Waals surface area contributed by atoms with E-state index in [9.17, 15) is 0 Å². The van der Waals surface area contributed by atoms with Crippen LogP contribution in [0.5, 0.6) is 5.75 Å². The molecule has 98 valence electrons. The number of benzene rings is 1. The average Bonchev–Trinajstić information content (AvgIpc) is 2.83. The molecule has 0 spiro atoms. The molecule has 3 rings (SSSR count). The fraction of sp³-hybridized carbons (Fsp3) is 0.0667. The van der Waals surface area contributed by atoms with Crippen LogP contribution in [0.4, 0.5) is 0 Å². The number of halogens is 1. The first-order valence-electron chi connectivity index (χ1n) is 5.94. The van der Waals surface area contributed by atoms with Crippen molar-refractivity contribution in [3.05, 3.63) is 59.1 Å². The van der Waals surface area contributed by atoms with Gasteiger partial charge in [0, 0.05) is 0 Å². The second-order valence-electron chi connectivity index (χ2n) is 4.11. The number of nitrogens with zero attached hydrogens (tertiary/aromatic N) is 2. The Balaban J connectivity index is 1.93. The first-order chi connectivity index (χ1) is 9.78. The van der Waals surface area contributed by atoms with Gasteiger partial charge < -0.3 is 9.15 Å². The summed E-state index contributed by atoms with van der Waals surface area (Å²) >= 11 is 5.82. The molecule has 20 heavy (non-hydrogen) atoms. The zero-order valence-electron chi connectivity index (χ0n) is 10.3. The molecule has 1 aromatic carbocycles. The number of aromatic nitrogens is 1. The zero-order valence-corrected chi connectivity index (χ0v) is 11.1. The highest BCUT2D eigenvalue weighted by Crippen LogP contribution is 2.32. The van der Waals surface area contributed by atoms with Gasteiger partial charge in [-0.3, -0.25) is 0 Å². The molecule has 0 radical (unpaired) electrons. The van der Waals surface area contributed by atoms with E-state index >= 15 is 0 Å². The van der Waals surface area contributed by atoms with Crippen molar-refractivity contribution in [2.75, 3.05) is 0 Å². The maximum Gasteiger partial charge on any atom is 0.246 e. The molecule has 0 N–H and O–H groups in total. The monoisotopic (exact) mass is 284 g/mol. The van der Waals surface area contributed by atoms with Crippen molar-refractivity contribution in [1.82, 2.24) is 4.98 Å². The number of furan rings is 1. The van der Waals surface area contributed by atoms with Gasteiger partial charge in [-0.1, -0.05) is 29.8 Å². The van der Waals surface area contributed by atoms with Crippen molar-refractivity contribution in [2.45, 2.75) is 6.61 Å². The third-order valence-corrected chi connectivity index (χ3v) is 3.00. The molecule has 0 unspecified atom stereocenters. The molecule has 0 aliphatic carbocycles. The predicted molar refractivity (Wildman–Crippen MR) is 74.5 cm³/mol. The molecule has 0 fully saturated rings. The maximum absolute atomic E-state index is 9.10. The van der Waals surface area contributed by atoms with E-state index in [-0.39, 0.29) is 12.4 Å². The van der Waals surface area contributed by atoms with Crippen molar-refractivity contribution in [3.63, 3.8) is 0 Å². The van der Waals surface area contributed by atoms with Gasteiger partial charge in [0.1, 0.15) is 23.4 Å². The van der Waals surface area contributed by atoms with Crippen LogP contribution in [-0.2, 0) is 6.61 Å². The maximum atomic E-state index is 9.10. The fourth-order valence-electron chi connectivity index (χ4n) is 1.92. The van der Waals surface area contributed by atoms with Crippen molar-refractivity contribution in [1.29, 1.82) is 5.26 Å². The number of para-hydroxylation sites is 1. The summed E-state index contributed by atoms with van der Waals surface area (Å²) in [6.07, 6.45) is 0. The second-order valence-corrected chi connectivity index (χ2v) is 4.50. The smallest absolute Gasteiger partial charge is 0.246 e. The summed E-state index contributed by atoms with van der Waals surface area (Å²) in [4.78, 5) is 4.14. The molecule has 0 saturated carbocycles. The Labute approximate surface area is 120 Å². The molecule has 2 aromatic heterocycles. The van der Waals surface area contributed by atoms with Crippen molar-refractivity contribution in [2.24, 2.45) is 0 Å². The Hall–Kier alpha value is -2.51. The Kier molecular flexibility index (Phi) is 3.28. The SMILES string of the molecule is N#Cc1oc2ccccc2c1OCc1cccc(Cl)n1. The summed E-state index contributed by atoms with van der Waals surface area (Å²) in [5.41, 5.74) is 1.31. The van der Waals surface area contributed by atoms with Gasteiger partial charge in [-0.05, 0) is 24.3 Å². The fourth-order valence-corrected chi connectivity index (χ4v) is 2.10. The third kappa shape index (κ3) is 2.31. The molecule has 0 bridgehead atoms. The van der Waals surface area contributed by atoms with Gasteiger partial charge in [0.2, 0.25) is 5.76 Å². The highest BCUT2D eigenvalue weighted by atomic mass is 35.5. The summed E-state index contributed by atoms with van der Waals surface area (Å²) in [7, 11) is 0. The van der Waals surface area contributed by atoms with Crippen LogP contribution in [0, 0.1) is 11.3 Å². The van der Waals surface area contributed by atoms with Crippen molar-refractivity contribution in [3.8, 4) is 11.8 Å². The molecular formula is C15H9ClN2O2. The van der Waals surface area contributed by atoms with E-state index in [0.29, 0.717) is 22.2 Å². The van der Waals surface area contributed by atoms with Crippen molar-refractivity contribution >= 4 is 22.6 Å². The minimum absolute atomic E-state index is 0.160. The van der Waals surface area contributed by atoms with Crippen LogP contribution < -0.4 is 4.74 Å². The van der Waals surface area contributed by atoms with E-state index in [0.717, 1.165) is 5.39 Å². The lowest BCUT2D eigenvalue weighted by atomic mass is 10.2. The van der Waals surface area contributed by atoms with Crippen LogP contribution in [0.1, 0.15) is 11.5 Å². The lowest BCUT2D eigenvalue weighted by Gasteiger charge is -2.04. The van der Waals surface area contributed by atoms with Crippen LogP contribution in [0.3, 0.4) is 0 Å². The van der Waals surface area contributed by atoms with E-state index in [1.807, 2.05) is 24.3 Å². The Morgan fingerprint density at radius 1 is 1.20 bits per heavy atom. The van der Waals surface area contributed by atoms with Gasteiger partial charge in [0.25, 0.3) is 0 Å². The molecule has 0 amide bonds. The number of fused-ring (bicyclic) bond motifs is 1. The number of pyridine rings is 1. The first-order valence-corrected chi connectivity index (χ1v) is 6.31. The van der Waals surface area contributed by atoms with Crippen molar-refractivity contribution < 1.29 is 9.15 Å². The molecule has 0 saturated heterocycles.